The van der Waals surface area contributed by atoms with Crippen LogP contribution in [0.1, 0.15) is 66.4 Å². The van der Waals surface area contributed by atoms with Gasteiger partial charge in [-0.1, -0.05) is 6.92 Å². The number of aryl methyl sites for hydroxylation is 1. The molecule has 0 aliphatic heterocycles. The third-order valence-electron chi connectivity index (χ3n) is 3.46. The van der Waals surface area contributed by atoms with E-state index in [1.54, 1.807) is 60.2 Å². The van der Waals surface area contributed by atoms with Crippen LogP contribution in [0.15, 0.2) is 13.6 Å². The molecule has 2 unspecified atom stereocenters. The van der Waals surface area contributed by atoms with Gasteiger partial charge in [-0.05, 0) is 54.9 Å². The predicted octanol–water partition coefficient (Wildman–Crippen LogP) is 3.88. The number of nitrogens with zero attached hydrogens (tertiary/aromatic N) is 1. The molecule has 0 aliphatic carbocycles. The van der Waals surface area contributed by atoms with Crippen LogP contribution in [0.3, 0.4) is 0 Å². The maximum atomic E-state index is 12.5. The highest BCUT2D eigenvalue weighted by molar-refractivity contribution is 7.99. The van der Waals surface area contributed by atoms with Crippen LogP contribution in [0.25, 0.3) is 0 Å². The zero-order valence-corrected chi connectivity index (χ0v) is 18.8. The van der Waals surface area contributed by atoms with Crippen LogP contribution < -0.4 is 5.82 Å². The summed E-state index contributed by atoms with van der Waals surface area (Å²) in [6.07, 6.45) is -1.48. The van der Waals surface area contributed by atoms with E-state index in [1.165, 1.54) is 4.90 Å². The van der Waals surface area contributed by atoms with Crippen LogP contribution in [-0.4, -0.2) is 45.5 Å². The fourth-order valence-corrected chi connectivity index (χ4v) is 3.09. The van der Waals surface area contributed by atoms with E-state index < -0.39 is 29.5 Å². The van der Waals surface area contributed by atoms with Crippen LogP contribution in [0.5, 0.6) is 0 Å². The van der Waals surface area contributed by atoms with Crippen molar-refractivity contribution in [1.29, 1.82) is 0 Å². The van der Waals surface area contributed by atoms with Gasteiger partial charge in [-0.25, -0.2) is 9.59 Å². The highest BCUT2D eigenvalue weighted by Gasteiger charge is 2.30. The van der Waals surface area contributed by atoms with Gasteiger partial charge >= 0.3 is 11.9 Å². The zero-order valence-electron chi connectivity index (χ0n) is 18.0. The second-order valence-corrected chi connectivity index (χ2v) is 10.0. The molecular formula is C19H33NO7S. The fraction of sp³-hybridized carbons (Fsp3) is 0.789. The van der Waals surface area contributed by atoms with Gasteiger partial charge in [0.1, 0.15) is 11.4 Å². The van der Waals surface area contributed by atoms with E-state index in [0.29, 0.717) is 23.7 Å². The Kier molecular flexibility index (Phi) is 8.64. The summed E-state index contributed by atoms with van der Waals surface area (Å²) in [7, 11) is 0. The minimum absolute atomic E-state index is 0.117. The largest absolute Gasteiger partial charge is 0.519 e. The lowest BCUT2D eigenvalue weighted by molar-refractivity contribution is -0.230. The second kappa shape index (κ2) is 9.84. The van der Waals surface area contributed by atoms with Crippen molar-refractivity contribution < 1.29 is 28.2 Å². The quantitative estimate of drug-likeness (QED) is 0.633. The Morgan fingerprint density at radius 3 is 2.25 bits per heavy atom. The third kappa shape index (κ3) is 9.16. The maximum Gasteiger partial charge on any atom is 0.519 e. The first-order valence-corrected chi connectivity index (χ1v) is 10.3. The molecular weight excluding hydrogens is 386 g/mol. The zero-order chi connectivity index (χ0) is 21.7. The van der Waals surface area contributed by atoms with Gasteiger partial charge in [-0.2, -0.15) is 11.8 Å². The lowest BCUT2D eigenvalue weighted by Gasteiger charge is -2.34. The SMILES string of the molecule is Cc1oc(=O)oc1CSC(C)CCN(C(=O)OC(C)(C)C)C(O)OC(C)(C)C. The number of amides is 1. The van der Waals surface area contributed by atoms with Crippen LogP contribution in [0.4, 0.5) is 4.79 Å². The van der Waals surface area contributed by atoms with E-state index in [1.807, 2.05) is 6.92 Å². The molecule has 0 aliphatic rings. The first-order valence-electron chi connectivity index (χ1n) is 9.24. The Morgan fingerprint density at radius 2 is 1.79 bits per heavy atom. The summed E-state index contributed by atoms with van der Waals surface area (Å²) in [4.78, 5) is 24.8. The molecule has 2 atom stereocenters. The molecule has 1 aromatic heterocycles. The fourth-order valence-electron chi connectivity index (χ4n) is 2.12. The Labute approximate surface area is 170 Å². The molecule has 28 heavy (non-hydrogen) atoms. The van der Waals surface area contributed by atoms with Crippen molar-refractivity contribution in [3.63, 3.8) is 0 Å². The van der Waals surface area contributed by atoms with Crippen LogP contribution in [0.2, 0.25) is 0 Å². The van der Waals surface area contributed by atoms with Crippen molar-refractivity contribution in [1.82, 2.24) is 4.90 Å². The molecule has 0 aromatic carbocycles. The van der Waals surface area contributed by atoms with Crippen molar-refractivity contribution in [3.05, 3.63) is 22.1 Å². The summed E-state index contributed by atoms with van der Waals surface area (Å²) in [5, 5.41) is 10.5. The number of ether oxygens (including phenoxy) is 2. The van der Waals surface area contributed by atoms with E-state index >= 15 is 0 Å². The van der Waals surface area contributed by atoms with Gasteiger partial charge in [-0.15, -0.1) is 0 Å². The molecule has 8 nitrogen and oxygen atoms in total. The normalized spacial score (nSPS) is 14.6. The molecule has 0 bridgehead atoms. The Hall–Kier alpha value is -1.45. The Bertz CT molecular complexity index is 684. The van der Waals surface area contributed by atoms with Crippen LogP contribution in [0, 0.1) is 6.92 Å². The van der Waals surface area contributed by atoms with Gasteiger partial charge < -0.3 is 23.4 Å². The van der Waals surface area contributed by atoms with E-state index in [-0.39, 0.29) is 11.8 Å². The third-order valence-corrected chi connectivity index (χ3v) is 4.70. The number of aliphatic hydroxyl groups is 1. The maximum absolute atomic E-state index is 12.5. The molecule has 0 radical (unpaired) electrons. The van der Waals surface area contributed by atoms with Crippen LogP contribution in [-0.2, 0) is 15.2 Å². The van der Waals surface area contributed by atoms with Gasteiger partial charge in [0, 0.05) is 11.8 Å². The molecule has 0 saturated carbocycles. The Balaban J connectivity index is 2.69. The molecule has 0 saturated heterocycles. The lowest BCUT2D eigenvalue weighted by Crippen LogP contribution is -2.48. The first kappa shape index (κ1) is 24.6. The van der Waals surface area contributed by atoms with E-state index in [9.17, 15) is 14.7 Å². The number of hydrogen-bond acceptors (Lipinski definition) is 8. The predicted molar refractivity (Wildman–Crippen MR) is 107 cm³/mol. The molecule has 9 heteroatoms. The molecule has 1 aromatic rings. The average Bonchev–Trinajstić information content (AvgIpc) is 2.79. The van der Waals surface area contributed by atoms with Crippen molar-refractivity contribution in [3.8, 4) is 0 Å². The topological polar surface area (TPSA) is 102 Å². The highest BCUT2D eigenvalue weighted by atomic mass is 32.2. The van der Waals surface area contributed by atoms with E-state index in [0.717, 1.165) is 0 Å². The number of rotatable bonds is 8. The number of thioether (sulfide) groups is 1. The molecule has 1 N–H and O–H groups in total. The van der Waals surface area contributed by atoms with Gasteiger partial charge in [0.05, 0.1) is 11.4 Å². The molecule has 1 amide bonds. The van der Waals surface area contributed by atoms with Crippen molar-refractivity contribution in [2.75, 3.05) is 6.54 Å². The molecule has 1 heterocycles. The smallest absolute Gasteiger partial charge is 0.444 e. The minimum Gasteiger partial charge on any atom is -0.444 e. The van der Waals surface area contributed by atoms with Gasteiger partial charge in [0.15, 0.2) is 5.76 Å². The number of carbonyl (C=O) groups excluding carboxylic acids is 1. The van der Waals surface area contributed by atoms with Crippen molar-refractivity contribution in [2.24, 2.45) is 0 Å². The molecule has 0 fully saturated rings. The summed E-state index contributed by atoms with van der Waals surface area (Å²) in [6.45, 7) is 14.6. The monoisotopic (exact) mass is 419 g/mol. The highest BCUT2D eigenvalue weighted by Crippen LogP contribution is 2.23. The van der Waals surface area contributed by atoms with Gasteiger partial charge in [0.25, 0.3) is 0 Å². The number of hydrogen-bond donors (Lipinski definition) is 1. The van der Waals surface area contributed by atoms with Crippen molar-refractivity contribution >= 4 is 17.9 Å². The Morgan fingerprint density at radius 1 is 1.18 bits per heavy atom. The number of aliphatic hydroxyl groups excluding tert-OH is 1. The lowest BCUT2D eigenvalue weighted by atomic mass is 10.2. The second-order valence-electron chi connectivity index (χ2n) is 8.57. The van der Waals surface area contributed by atoms with E-state index in [2.05, 4.69) is 0 Å². The standard InChI is InChI=1S/C19H33NO7S/c1-12(28-11-14-13(2)24-17(23)25-14)9-10-20(15(21)26-18(3,4)5)16(22)27-19(6,7)8/h12,15,21H,9-11H2,1-8H3. The molecule has 0 spiro atoms. The molecule has 162 valence electrons. The van der Waals surface area contributed by atoms with E-state index in [4.69, 9.17) is 18.3 Å². The summed E-state index contributed by atoms with van der Waals surface area (Å²) in [6, 6.07) is 0. The summed E-state index contributed by atoms with van der Waals surface area (Å²) >= 11 is 1.55. The van der Waals surface area contributed by atoms with Crippen molar-refractivity contribution in [2.45, 2.75) is 90.4 Å². The summed E-state index contributed by atoms with van der Waals surface area (Å²) < 4.78 is 20.8. The summed E-state index contributed by atoms with van der Waals surface area (Å²) in [5.41, 5.74) is -1.32. The number of carbonyl (C=O) groups is 1. The van der Waals surface area contributed by atoms with Crippen LogP contribution >= 0.6 is 11.8 Å². The summed E-state index contributed by atoms with van der Waals surface area (Å²) in [5.74, 6) is 0.738. The minimum atomic E-state index is -1.42. The average molecular weight is 420 g/mol. The van der Waals surface area contributed by atoms with Gasteiger partial charge in [-0.3, -0.25) is 4.90 Å². The van der Waals surface area contributed by atoms with Gasteiger partial charge in [0.2, 0.25) is 6.41 Å². The molecule has 1 rings (SSSR count). The first-order chi connectivity index (χ1) is 12.7.